The van der Waals surface area contributed by atoms with Gasteiger partial charge in [-0.1, -0.05) is 72.8 Å². The van der Waals surface area contributed by atoms with Gasteiger partial charge in [-0.2, -0.15) is 0 Å². The molecule has 0 aromatic heterocycles. The van der Waals surface area contributed by atoms with E-state index in [-0.39, 0.29) is 5.41 Å². The molecule has 2 heteroatoms. The zero-order valence-corrected chi connectivity index (χ0v) is 16.4. The molecule has 0 atom stereocenters. The van der Waals surface area contributed by atoms with Crippen LogP contribution < -0.4 is 5.32 Å². The molecule has 1 aromatic rings. The Morgan fingerprint density at radius 1 is 1.17 bits per heavy atom. The average Bonchev–Trinajstić information content (AvgIpc) is 2.63. The van der Waals surface area contributed by atoms with Crippen LogP contribution in [-0.2, 0) is 5.41 Å². The van der Waals surface area contributed by atoms with Crippen LogP contribution in [0.3, 0.4) is 0 Å². The number of hydrogen-bond donors (Lipinski definition) is 1. The van der Waals surface area contributed by atoms with Gasteiger partial charge < -0.3 is 5.32 Å². The molecule has 1 N–H and O–H groups in total. The second-order valence-corrected chi connectivity index (χ2v) is 8.99. The summed E-state index contributed by atoms with van der Waals surface area (Å²) < 4.78 is 1.40. The summed E-state index contributed by atoms with van der Waals surface area (Å²) in [5.41, 5.74) is 6.07. The van der Waals surface area contributed by atoms with Gasteiger partial charge in [0.25, 0.3) is 0 Å². The molecule has 0 spiro atoms. The summed E-state index contributed by atoms with van der Waals surface area (Å²) in [4.78, 5) is 0. The fraction of sp³-hybridized carbons (Fsp3) is 0.619. The summed E-state index contributed by atoms with van der Waals surface area (Å²) in [5, 5.41) is 3.84. The first-order valence-corrected chi connectivity index (χ1v) is 9.99. The van der Waals surface area contributed by atoms with Crippen LogP contribution in [0.25, 0.3) is 5.57 Å². The molecule has 1 aromatic carbocycles. The molecule has 0 amide bonds. The van der Waals surface area contributed by atoms with Gasteiger partial charge in [0, 0.05) is 17.1 Å². The highest BCUT2D eigenvalue weighted by Crippen LogP contribution is 2.42. The first-order valence-electron chi connectivity index (χ1n) is 9.20. The Hall–Kier alpha value is -0.600. The predicted octanol–water partition coefficient (Wildman–Crippen LogP) is 6.09. The molecule has 1 saturated carbocycles. The highest BCUT2D eigenvalue weighted by atomic mass is 79.9. The van der Waals surface area contributed by atoms with Crippen molar-refractivity contribution in [1.82, 2.24) is 5.32 Å². The van der Waals surface area contributed by atoms with E-state index < -0.39 is 0 Å². The van der Waals surface area contributed by atoms with Crippen LogP contribution >= 0.6 is 15.9 Å². The average molecular weight is 376 g/mol. The molecule has 1 fully saturated rings. The third-order valence-corrected chi connectivity index (χ3v) is 6.57. The smallest absolute Gasteiger partial charge is 0.0222 e. The van der Waals surface area contributed by atoms with Gasteiger partial charge in [0.05, 0.1) is 0 Å². The van der Waals surface area contributed by atoms with Crippen molar-refractivity contribution in [3.05, 3.63) is 39.4 Å². The van der Waals surface area contributed by atoms with Crippen molar-refractivity contribution in [2.75, 3.05) is 6.54 Å². The predicted molar refractivity (Wildman–Crippen MR) is 104 cm³/mol. The van der Waals surface area contributed by atoms with Gasteiger partial charge in [0.1, 0.15) is 0 Å². The summed E-state index contributed by atoms with van der Waals surface area (Å²) in [6, 6.07) is 7.72. The molecule has 3 rings (SSSR count). The van der Waals surface area contributed by atoms with Crippen molar-refractivity contribution >= 4 is 21.5 Å². The lowest BCUT2D eigenvalue weighted by atomic mass is 9.78. The van der Waals surface area contributed by atoms with Crippen molar-refractivity contribution < 1.29 is 0 Å². The molecular weight excluding hydrogens is 346 g/mol. The highest BCUT2D eigenvalue weighted by molar-refractivity contribution is 9.11. The standard InChI is InChI=1S/C21H30BrN/c1-15-9-10-17-18(14-23-16-7-5-4-6-8-16)20(22)11-12-21(2,3)19(17)13-15/h9-10,13,16,23H,4-8,11-12,14H2,1-3H3. The van der Waals surface area contributed by atoms with Crippen molar-refractivity contribution in [2.24, 2.45) is 0 Å². The van der Waals surface area contributed by atoms with Gasteiger partial charge >= 0.3 is 0 Å². The van der Waals surface area contributed by atoms with Gasteiger partial charge in [-0.05, 0) is 54.7 Å². The first kappa shape index (κ1) is 17.2. The first-order chi connectivity index (χ1) is 11.0. The Balaban J connectivity index is 1.88. The zero-order chi connectivity index (χ0) is 16.4. The number of fused-ring (bicyclic) bond motifs is 1. The second-order valence-electron chi connectivity index (χ2n) is 8.03. The summed E-state index contributed by atoms with van der Waals surface area (Å²) in [5.74, 6) is 0. The normalized spacial score (nSPS) is 21.9. The molecule has 2 aliphatic rings. The topological polar surface area (TPSA) is 12.0 Å². The number of rotatable bonds is 3. The highest BCUT2D eigenvalue weighted by Gasteiger charge is 2.29. The molecular formula is C21H30BrN. The van der Waals surface area contributed by atoms with E-state index in [9.17, 15) is 0 Å². The van der Waals surface area contributed by atoms with Crippen LogP contribution in [-0.4, -0.2) is 12.6 Å². The van der Waals surface area contributed by atoms with E-state index in [1.54, 1.807) is 0 Å². The van der Waals surface area contributed by atoms with Crippen molar-refractivity contribution in [1.29, 1.82) is 0 Å². The third-order valence-electron chi connectivity index (χ3n) is 5.70. The minimum atomic E-state index is 0.243. The number of nitrogens with one attached hydrogen (secondary N) is 1. The Morgan fingerprint density at radius 3 is 2.65 bits per heavy atom. The lowest BCUT2D eigenvalue weighted by Crippen LogP contribution is -2.32. The molecule has 23 heavy (non-hydrogen) atoms. The van der Waals surface area contributed by atoms with Crippen LogP contribution in [0.5, 0.6) is 0 Å². The van der Waals surface area contributed by atoms with Crippen LogP contribution in [0.1, 0.15) is 75.5 Å². The van der Waals surface area contributed by atoms with Gasteiger partial charge in [-0.3, -0.25) is 0 Å². The number of halogens is 1. The van der Waals surface area contributed by atoms with Crippen LogP contribution in [0.4, 0.5) is 0 Å². The molecule has 0 saturated heterocycles. The van der Waals surface area contributed by atoms with E-state index >= 15 is 0 Å². The fourth-order valence-electron chi connectivity index (χ4n) is 4.08. The van der Waals surface area contributed by atoms with E-state index in [0.717, 1.165) is 13.0 Å². The van der Waals surface area contributed by atoms with Crippen LogP contribution in [0.2, 0.25) is 0 Å². The Morgan fingerprint density at radius 2 is 1.91 bits per heavy atom. The quantitative estimate of drug-likeness (QED) is 0.673. The monoisotopic (exact) mass is 375 g/mol. The molecule has 0 bridgehead atoms. The van der Waals surface area contributed by atoms with E-state index in [1.807, 2.05) is 0 Å². The molecule has 0 heterocycles. The molecule has 0 aliphatic heterocycles. The molecule has 126 valence electrons. The summed E-state index contributed by atoms with van der Waals surface area (Å²) in [7, 11) is 0. The Labute approximate surface area is 150 Å². The maximum absolute atomic E-state index is 3.91. The maximum Gasteiger partial charge on any atom is 0.0222 e. The van der Waals surface area contributed by atoms with E-state index in [1.165, 1.54) is 65.3 Å². The van der Waals surface area contributed by atoms with Crippen molar-refractivity contribution in [2.45, 2.75) is 77.2 Å². The second kappa shape index (κ2) is 7.11. The van der Waals surface area contributed by atoms with Gasteiger partial charge in [-0.25, -0.2) is 0 Å². The van der Waals surface area contributed by atoms with Crippen LogP contribution in [0.15, 0.2) is 22.7 Å². The number of aryl methyl sites for hydroxylation is 1. The molecule has 1 nitrogen and oxygen atoms in total. The number of hydrogen-bond acceptors (Lipinski definition) is 1. The van der Waals surface area contributed by atoms with Gasteiger partial charge in [-0.15, -0.1) is 0 Å². The summed E-state index contributed by atoms with van der Waals surface area (Å²) >= 11 is 3.91. The maximum atomic E-state index is 3.91. The molecule has 0 radical (unpaired) electrons. The fourth-order valence-corrected chi connectivity index (χ4v) is 4.63. The lowest BCUT2D eigenvalue weighted by molar-refractivity contribution is 0.386. The number of benzene rings is 1. The lowest BCUT2D eigenvalue weighted by Gasteiger charge is -2.27. The van der Waals surface area contributed by atoms with Crippen molar-refractivity contribution in [3.63, 3.8) is 0 Å². The van der Waals surface area contributed by atoms with Gasteiger partial charge in [0.2, 0.25) is 0 Å². The molecule has 0 unspecified atom stereocenters. The number of allylic oxidation sites excluding steroid dienone is 1. The van der Waals surface area contributed by atoms with Crippen molar-refractivity contribution in [3.8, 4) is 0 Å². The zero-order valence-electron chi connectivity index (χ0n) is 14.8. The minimum absolute atomic E-state index is 0.243. The summed E-state index contributed by atoms with van der Waals surface area (Å²) in [6.45, 7) is 7.99. The van der Waals surface area contributed by atoms with E-state index in [2.05, 4.69) is 60.2 Å². The summed E-state index contributed by atoms with van der Waals surface area (Å²) in [6.07, 6.45) is 9.23. The largest absolute Gasteiger partial charge is 0.310 e. The molecule has 2 aliphatic carbocycles. The Bertz CT molecular complexity index is 594. The minimum Gasteiger partial charge on any atom is -0.310 e. The van der Waals surface area contributed by atoms with E-state index in [4.69, 9.17) is 0 Å². The third kappa shape index (κ3) is 3.91. The van der Waals surface area contributed by atoms with Crippen LogP contribution in [0, 0.1) is 6.92 Å². The van der Waals surface area contributed by atoms with Gasteiger partial charge in [0.15, 0.2) is 0 Å². The van der Waals surface area contributed by atoms with E-state index in [0.29, 0.717) is 6.04 Å². The Kier molecular flexibility index (Phi) is 5.32. The SMILES string of the molecule is Cc1ccc2c(c1)C(C)(C)CCC(Br)=C2CNC1CCCCC1.